The molecule has 0 bridgehead atoms. The summed E-state index contributed by atoms with van der Waals surface area (Å²) in [7, 11) is 18.1. The third-order valence-corrected chi connectivity index (χ3v) is 28.5. The van der Waals surface area contributed by atoms with Gasteiger partial charge in [-0.25, -0.2) is 24.9 Å². The molecule has 772 valence electrons. The van der Waals surface area contributed by atoms with E-state index in [-0.39, 0.29) is 27.8 Å². The highest BCUT2D eigenvalue weighted by Crippen LogP contribution is 2.41. The number of aromatic nitrogens is 10. The lowest BCUT2D eigenvalue weighted by molar-refractivity contribution is 0.245. The minimum Gasteiger partial charge on any atom is -0.493 e. The van der Waals surface area contributed by atoms with Gasteiger partial charge in [-0.05, 0) is 318 Å². The summed E-state index contributed by atoms with van der Waals surface area (Å²) in [5.74, 6) is 6.23. The number of nitrogens with zero attached hydrogens (tertiary/aromatic N) is 14. The highest BCUT2D eigenvalue weighted by atomic mass is 16.5. The van der Waals surface area contributed by atoms with Gasteiger partial charge in [-0.2, -0.15) is 0 Å². The Hall–Kier alpha value is -15.6. The zero-order valence-corrected chi connectivity index (χ0v) is 88.5. The molecule has 0 radical (unpaired) electrons. The van der Waals surface area contributed by atoms with Crippen molar-refractivity contribution < 1.29 is 47.4 Å². The van der Waals surface area contributed by atoms with Crippen molar-refractivity contribution in [3.05, 3.63) is 320 Å². The summed E-state index contributed by atoms with van der Waals surface area (Å²) in [4.78, 5) is 98.3. The summed E-state index contributed by atoms with van der Waals surface area (Å²) in [5.41, 5.74) is 27.1. The third kappa shape index (κ3) is 23.4. The molecule has 5 aliphatic heterocycles. The van der Waals surface area contributed by atoms with Gasteiger partial charge in [0.15, 0.2) is 57.5 Å². The number of benzene rings is 5. The fourth-order valence-corrected chi connectivity index (χ4v) is 19.8. The van der Waals surface area contributed by atoms with Crippen LogP contribution < -0.4 is 80.5 Å². The molecule has 30 nitrogen and oxygen atoms in total. The average molecular weight is 2010 g/mol. The summed E-state index contributed by atoms with van der Waals surface area (Å²) in [6, 6.07) is 47.3. The molecule has 0 saturated heterocycles. The Morgan fingerprint density at radius 3 is 0.946 bits per heavy atom. The van der Waals surface area contributed by atoms with Crippen LogP contribution >= 0.6 is 0 Å². The monoisotopic (exact) mass is 2010 g/mol. The van der Waals surface area contributed by atoms with Crippen LogP contribution in [0.25, 0.3) is 112 Å². The van der Waals surface area contributed by atoms with Crippen LogP contribution in [0.1, 0.15) is 121 Å². The van der Waals surface area contributed by atoms with Crippen molar-refractivity contribution in [1.29, 1.82) is 0 Å². The number of ether oxygens (including phenoxy) is 10. The van der Waals surface area contributed by atoms with Gasteiger partial charge in [0.05, 0.1) is 99.6 Å². The summed E-state index contributed by atoms with van der Waals surface area (Å²) >= 11 is 0. The number of fused-ring (bicyclic) bond motifs is 5. The van der Waals surface area contributed by atoms with Crippen LogP contribution in [0.4, 0.5) is 0 Å². The second-order valence-electron chi connectivity index (χ2n) is 38.3. The van der Waals surface area contributed by atoms with Crippen molar-refractivity contribution in [2.24, 2.45) is 0 Å². The first-order valence-electron chi connectivity index (χ1n) is 50.5. The fourth-order valence-electron chi connectivity index (χ4n) is 19.8. The third-order valence-electron chi connectivity index (χ3n) is 28.5. The minimum atomic E-state index is -0.106. The topological polar surface area (TPSA) is 289 Å². The van der Waals surface area contributed by atoms with Crippen molar-refractivity contribution in [3.8, 4) is 114 Å². The van der Waals surface area contributed by atoms with Crippen LogP contribution in [-0.2, 0) is 0 Å². The predicted octanol–water partition coefficient (Wildman–Crippen LogP) is 18.4. The second-order valence-corrected chi connectivity index (χ2v) is 38.3. The number of methoxy groups -OCH3 is 10. The summed E-state index contributed by atoms with van der Waals surface area (Å²) in [6.07, 6.45) is 28.5. The van der Waals surface area contributed by atoms with Gasteiger partial charge in [0.1, 0.15) is 28.2 Å². The quantitative estimate of drug-likeness (QED) is 0.0622. The number of hydrogen-bond acceptors (Lipinski definition) is 25. The van der Waals surface area contributed by atoms with Crippen LogP contribution in [0.15, 0.2) is 237 Å². The first-order chi connectivity index (χ1) is 72.1. The first-order valence-corrected chi connectivity index (χ1v) is 50.5. The molecule has 6 aliphatic rings. The first kappa shape index (κ1) is 105. The van der Waals surface area contributed by atoms with E-state index in [2.05, 4.69) is 115 Å². The molecule has 30 heteroatoms. The molecule has 15 heterocycles. The molecule has 10 aromatic heterocycles. The molecule has 15 aromatic rings. The molecule has 1 aliphatic carbocycles. The average Bonchev–Trinajstić information content (AvgIpc) is 1.51. The lowest BCUT2D eigenvalue weighted by Crippen LogP contribution is -2.34. The van der Waals surface area contributed by atoms with Crippen molar-refractivity contribution in [2.75, 3.05) is 150 Å². The smallest absolute Gasteiger partial charge is 0.258 e. The zero-order chi connectivity index (χ0) is 105. The van der Waals surface area contributed by atoms with Gasteiger partial charge in [-0.15, -0.1) is 0 Å². The largest absolute Gasteiger partial charge is 0.493 e. The van der Waals surface area contributed by atoms with Crippen LogP contribution in [-0.4, -0.2) is 229 Å². The SMILES string of the molecule is CCN1CC=C(c2cc(C)c3nc(-c4ccc(OC)c(OC)c4)cc(=O)n3c2)CC1.COc1ccc(-c2cc(=O)n3cc(C4=CCN(C(C)C)CC4)cc(C)c3n2)cc1OC.COc1ccc(-c2cc(=O)n3cc(C4=CCN(C)CC4)c(C)cc3n2)cc1OC.COc1ccc(-c2cc(=O)n3cc(C4=CCN(C5CC5)CC4)cc(C)c3n2)cc1OC.COc1ccc(-c2cc(=O)n3cc(C4=CCNCC4)c(C)cc3n2)cc1OC. The molecule has 0 amide bonds. The van der Waals surface area contributed by atoms with Gasteiger partial charge in [0, 0.05) is 160 Å². The van der Waals surface area contributed by atoms with Crippen LogP contribution in [0, 0.1) is 34.6 Å². The fraction of sp³-hybridized carbons (Fsp3) is 0.328. The molecule has 1 N–H and O–H groups in total. The molecule has 0 atom stereocenters. The molecule has 1 saturated carbocycles. The Labute approximate surface area is 867 Å². The molecule has 0 unspecified atom stereocenters. The highest BCUT2D eigenvalue weighted by Gasteiger charge is 2.31. The van der Waals surface area contributed by atoms with Crippen molar-refractivity contribution in [2.45, 2.75) is 112 Å². The number of hydrogen-bond donors (Lipinski definition) is 1. The molecule has 5 aromatic carbocycles. The standard InChI is InChI=1S/C25H27N3O3.C25H29N3O3.C24H27N3O3.C23H25N3O3.C22H23N3O3/c1-16-12-19(17-8-10-27(11-9-17)20-5-6-20)15-28-24(29)14-21(26-25(16)28)18-4-7-22(30-2)23(13-18)31-3;1-16(2)27-10-8-18(9-11-27)20-12-17(3)25-26-21(14-24(29)28(25)15-20)19-6-7-22(30-4)23(13-19)31-5;1-5-26-10-8-17(9-11-26)19-12-16(2)24-25-20(14-23(28)27(24)15-19)18-6-7-21(29-3)22(13-18)30-4;1-15-11-22-24-19(17-5-6-20(28-3)21(12-17)29-4)13-23(27)26(22)14-18(15)16-7-9-25(2)10-8-16;1-14-10-21-24-18(16-4-5-19(27-2)20(11-16)28-3)12-22(26)25(21)13-17(14)15-6-8-23-9-7-15/h4,7-8,12-15,20H,5-6,9-11H2,1-3H3;6-8,12-16H,9-11H2,1-5H3;6-8,12-15H,5,9-11H2,1-4H3;5-7,11-14H,8-10H2,1-4H3;4-6,10-13,23H,7-9H2,1-3H3. The molecule has 21 rings (SSSR count). The highest BCUT2D eigenvalue weighted by molar-refractivity contribution is 5.78. The Kier molecular flexibility index (Phi) is 32.8. The lowest BCUT2D eigenvalue weighted by atomic mass is 9.97. The number of nitrogens with one attached hydrogen (secondary N) is 1. The summed E-state index contributed by atoms with van der Waals surface area (Å²) in [5, 5.41) is 3.32. The number of rotatable bonds is 23. The second kappa shape index (κ2) is 46.6. The summed E-state index contributed by atoms with van der Waals surface area (Å²) in [6.45, 7) is 27.7. The van der Waals surface area contributed by atoms with E-state index in [9.17, 15) is 24.0 Å². The van der Waals surface area contributed by atoms with E-state index in [0.29, 0.717) is 120 Å². The number of aryl methyl sites for hydroxylation is 5. The van der Waals surface area contributed by atoms with E-state index in [4.69, 9.17) is 72.3 Å². The van der Waals surface area contributed by atoms with Crippen molar-refractivity contribution in [1.82, 2.24) is 71.8 Å². The van der Waals surface area contributed by atoms with E-state index in [1.165, 1.54) is 40.7 Å². The van der Waals surface area contributed by atoms with Crippen LogP contribution in [0.5, 0.6) is 57.5 Å². The van der Waals surface area contributed by atoms with Gasteiger partial charge in [0.25, 0.3) is 27.8 Å². The predicted molar refractivity (Wildman–Crippen MR) is 590 cm³/mol. The Balaban J connectivity index is 0.000000127. The summed E-state index contributed by atoms with van der Waals surface area (Å²) < 4.78 is 61.7. The maximum absolute atomic E-state index is 13.0. The van der Waals surface area contributed by atoms with Gasteiger partial charge in [-0.3, -0.25) is 60.7 Å². The maximum atomic E-state index is 13.0. The van der Waals surface area contributed by atoms with E-state index in [1.807, 2.05) is 155 Å². The Morgan fingerprint density at radius 1 is 0.322 bits per heavy atom. The molecule has 1 fully saturated rings. The van der Waals surface area contributed by atoms with Crippen LogP contribution in [0.2, 0.25) is 0 Å². The van der Waals surface area contributed by atoms with E-state index in [0.717, 1.165) is 194 Å². The zero-order valence-electron chi connectivity index (χ0n) is 88.5. The molecular formula is C119H131N15O15. The molecule has 149 heavy (non-hydrogen) atoms. The van der Waals surface area contributed by atoms with Gasteiger partial charge in [-0.1, -0.05) is 37.3 Å². The van der Waals surface area contributed by atoms with E-state index >= 15 is 0 Å². The van der Waals surface area contributed by atoms with Gasteiger partial charge in [0.2, 0.25) is 0 Å². The normalized spacial score (nSPS) is 15.0. The molecular weight excluding hydrogens is 1880 g/mol. The maximum Gasteiger partial charge on any atom is 0.258 e. The number of likely N-dealkylation sites (N-methyl/N-ethyl adjacent to an activating group) is 2. The lowest BCUT2D eigenvalue weighted by Gasteiger charge is -2.29. The van der Waals surface area contributed by atoms with Gasteiger partial charge >= 0.3 is 0 Å². The Morgan fingerprint density at radius 2 is 0.651 bits per heavy atom. The van der Waals surface area contributed by atoms with E-state index < -0.39 is 0 Å². The Bertz CT molecular complexity index is 7920. The number of pyridine rings is 5. The van der Waals surface area contributed by atoms with Gasteiger partial charge < -0.3 is 57.6 Å². The van der Waals surface area contributed by atoms with E-state index in [1.54, 1.807) is 123 Å². The van der Waals surface area contributed by atoms with Crippen molar-refractivity contribution >= 4 is 56.1 Å². The van der Waals surface area contributed by atoms with Crippen molar-refractivity contribution in [3.63, 3.8) is 0 Å². The minimum absolute atomic E-state index is 0.0873. The molecule has 0 spiro atoms. The van der Waals surface area contributed by atoms with Crippen LogP contribution in [0.3, 0.4) is 0 Å².